The van der Waals surface area contributed by atoms with Gasteiger partial charge in [0.25, 0.3) is 0 Å². The lowest BCUT2D eigenvalue weighted by Crippen LogP contribution is -2.44. The minimum atomic E-state index is -0.565. The predicted octanol–water partition coefficient (Wildman–Crippen LogP) is 6.79. The highest BCUT2D eigenvalue weighted by molar-refractivity contribution is 5.85. The van der Waals surface area contributed by atoms with Crippen LogP contribution < -0.4 is 4.74 Å². The summed E-state index contributed by atoms with van der Waals surface area (Å²) in [5.41, 5.74) is 3.18. The number of nitrogens with one attached hydrogen (secondary N) is 1. The maximum absolute atomic E-state index is 15.9. The smallest absolute Gasteiger partial charge is 0.135 e. The van der Waals surface area contributed by atoms with Gasteiger partial charge in [0, 0.05) is 60.0 Å². The number of para-hydroxylation sites is 1. The van der Waals surface area contributed by atoms with E-state index in [0.717, 1.165) is 54.5 Å². The van der Waals surface area contributed by atoms with Crippen LogP contribution >= 0.6 is 0 Å². The van der Waals surface area contributed by atoms with E-state index in [2.05, 4.69) is 27.8 Å². The fraction of sp³-hybridized carbons (Fsp3) is 0.548. The first kappa shape index (κ1) is 25.8. The van der Waals surface area contributed by atoms with Crippen LogP contribution in [-0.4, -0.2) is 59.8 Å². The topological polar surface area (TPSA) is 31.5 Å². The molecular formula is C31H38F3N3O. The Morgan fingerprint density at radius 2 is 1.84 bits per heavy atom. The number of H-pyrrole nitrogens is 1. The quantitative estimate of drug-likeness (QED) is 0.334. The van der Waals surface area contributed by atoms with E-state index in [9.17, 15) is 4.39 Å². The van der Waals surface area contributed by atoms with Gasteiger partial charge >= 0.3 is 0 Å². The molecule has 2 fully saturated rings. The number of likely N-dealkylation sites (tertiary alicyclic amines) is 1. The van der Waals surface area contributed by atoms with Gasteiger partial charge in [-0.1, -0.05) is 37.5 Å². The molecule has 204 valence electrons. The zero-order chi connectivity index (χ0) is 26.2. The number of rotatable bonds is 9. The number of halogens is 3. The molecule has 3 aromatic rings. The molecular weight excluding hydrogens is 487 g/mol. The molecule has 1 aromatic heterocycles. The van der Waals surface area contributed by atoms with Gasteiger partial charge in [0.15, 0.2) is 0 Å². The molecule has 0 bridgehead atoms. The Morgan fingerprint density at radius 3 is 2.58 bits per heavy atom. The molecule has 3 heterocycles. The minimum Gasteiger partial charge on any atom is -0.489 e. The van der Waals surface area contributed by atoms with Crippen LogP contribution in [0.4, 0.5) is 13.2 Å². The van der Waals surface area contributed by atoms with Gasteiger partial charge < -0.3 is 9.72 Å². The van der Waals surface area contributed by atoms with Crippen molar-refractivity contribution in [1.29, 1.82) is 0 Å². The number of benzene rings is 2. The van der Waals surface area contributed by atoms with E-state index in [4.69, 9.17) is 4.74 Å². The summed E-state index contributed by atoms with van der Waals surface area (Å²) >= 11 is 0. The monoisotopic (exact) mass is 525 g/mol. The highest BCUT2D eigenvalue weighted by Gasteiger charge is 2.39. The summed E-state index contributed by atoms with van der Waals surface area (Å²) < 4.78 is 50.4. The Balaban J connectivity index is 1.31. The van der Waals surface area contributed by atoms with Gasteiger partial charge in [0.05, 0.1) is 12.7 Å². The van der Waals surface area contributed by atoms with Crippen LogP contribution in [0.1, 0.15) is 68.3 Å². The van der Waals surface area contributed by atoms with Crippen LogP contribution in [0, 0.1) is 17.6 Å². The lowest BCUT2D eigenvalue weighted by Gasteiger charge is -2.42. The molecule has 38 heavy (non-hydrogen) atoms. The van der Waals surface area contributed by atoms with Crippen LogP contribution in [0.5, 0.6) is 5.75 Å². The fourth-order valence-corrected chi connectivity index (χ4v) is 6.74. The third-order valence-corrected chi connectivity index (χ3v) is 9.00. The summed E-state index contributed by atoms with van der Waals surface area (Å²) in [6.45, 7) is 4.81. The van der Waals surface area contributed by atoms with E-state index < -0.39 is 17.7 Å². The first-order valence-corrected chi connectivity index (χ1v) is 14.3. The number of nitrogens with zero attached hydrogens (tertiary/aromatic N) is 2. The molecule has 3 aliphatic rings. The van der Waals surface area contributed by atoms with Gasteiger partial charge in [-0.05, 0) is 56.7 Å². The molecule has 1 saturated heterocycles. The lowest BCUT2D eigenvalue weighted by molar-refractivity contribution is 0.122. The standard InChI is InChI=1S/C31H38F3N3O/c1-20-16-25-24-8-2-3-9-28(24)35-30(25)31(37(20)15-10-21-6-4-7-21)29-26(33)17-23(18-27(29)34)38-22-11-14-36(19-22)13-5-12-32/h2-3,8-9,17-18,20-22,31,35H,4-7,10-16,19H2,1H3/t20-,22+,31-/m1/s1. The van der Waals surface area contributed by atoms with Crippen molar-refractivity contribution in [3.8, 4) is 5.75 Å². The van der Waals surface area contributed by atoms with Crippen molar-refractivity contribution in [2.24, 2.45) is 5.92 Å². The summed E-state index contributed by atoms with van der Waals surface area (Å²) in [5, 5.41) is 1.14. The Bertz CT molecular complexity index is 1250. The Morgan fingerprint density at radius 1 is 1.05 bits per heavy atom. The average Bonchev–Trinajstić information content (AvgIpc) is 3.46. The van der Waals surface area contributed by atoms with Crippen molar-refractivity contribution >= 4 is 10.9 Å². The number of ether oxygens (including phenoxy) is 1. The minimum absolute atomic E-state index is 0.0984. The number of fused-ring (bicyclic) bond motifs is 3. The van der Waals surface area contributed by atoms with E-state index in [-0.39, 0.29) is 30.1 Å². The average molecular weight is 526 g/mol. The third-order valence-electron chi connectivity index (χ3n) is 9.00. The molecule has 2 aliphatic heterocycles. The maximum atomic E-state index is 15.9. The SMILES string of the molecule is C[C@@H]1Cc2c([nH]c3ccccc23)[C@@H](c2c(F)cc(O[C@H]3CCN(CCCF)C3)cc2F)N1CCC1CCC1. The van der Waals surface area contributed by atoms with Crippen LogP contribution in [0.25, 0.3) is 10.9 Å². The van der Waals surface area contributed by atoms with E-state index in [1.54, 1.807) is 0 Å². The van der Waals surface area contributed by atoms with Crippen molar-refractivity contribution in [2.45, 2.75) is 70.1 Å². The molecule has 1 saturated carbocycles. The molecule has 0 unspecified atom stereocenters. The number of aromatic amines is 1. The lowest BCUT2D eigenvalue weighted by atomic mass is 9.82. The molecule has 0 radical (unpaired) electrons. The summed E-state index contributed by atoms with van der Waals surface area (Å²) in [6.07, 6.45) is 6.83. The maximum Gasteiger partial charge on any atom is 0.135 e. The van der Waals surface area contributed by atoms with Gasteiger partial charge in [-0.3, -0.25) is 14.2 Å². The van der Waals surface area contributed by atoms with Crippen molar-refractivity contribution in [3.05, 3.63) is 64.9 Å². The van der Waals surface area contributed by atoms with Gasteiger partial charge in [0.2, 0.25) is 0 Å². The van der Waals surface area contributed by atoms with Crippen LogP contribution in [0.2, 0.25) is 0 Å². The molecule has 3 atom stereocenters. The molecule has 7 heteroatoms. The highest BCUT2D eigenvalue weighted by Crippen LogP contribution is 2.44. The Labute approximate surface area is 223 Å². The number of hydrogen-bond acceptors (Lipinski definition) is 3. The molecule has 1 N–H and O–H groups in total. The van der Waals surface area contributed by atoms with E-state index in [1.165, 1.54) is 31.4 Å². The zero-order valence-corrected chi connectivity index (χ0v) is 22.2. The molecule has 0 spiro atoms. The first-order chi connectivity index (χ1) is 18.5. The second-order valence-corrected chi connectivity index (χ2v) is 11.5. The van der Waals surface area contributed by atoms with Crippen LogP contribution in [-0.2, 0) is 6.42 Å². The van der Waals surface area contributed by atoms with Gasteiger partial charge in [0.1, 0.15) is 23.5 Å². The van der Waals surface area contributed by atoms with E-state index >= 15 is 8.78 Å². The van der Waals surface area contributed by atoms with Crippen molar-refractivity contribution in [3.63, 3.8) is 0 Å². The predicted molar refractivity (Wildman–Crippen MR) is 144 cm³/mol. The molecule has 4 nitrogen and oxygen atoms in total. The van der Waals surface area contributed by atoms with E-state index in [1.807, 2.05) is 18.2 Å². The molecule has 1 aliphatic carbocycles. The first-order valence-electron chi connectivity index (χ1n) is 14.3. The van der Waals surface area contributed by atoms with Crippen LogP contribution in [0.3, 0.4) is 0 Å². The zero-order valence-electron chi connectivity index (χ0n) is 22.2. The number of alkyl halides is 1. The fourth-order valence-electron chi connectivity index (χ4n) is 6.74. The van der Waals surface area contributed by atoms with Crippen molar-refractivity contribution in [2.75, 3.05) is 32.9 Å². The van der Waals surface area contributed by atoms with Crippen molar-refractivity contribution in [1.82, 2.24) is 14.8 Å². The second-order valence-electron chi connectivity index (χ2n) is 11.5. The number of hydrogen-bond donors (Lipinski definition) is 1. The Kier molecular flexibility index (Phi) is 7.41. The summed E-state index contributed by atoms with van der Waals surface area (Å²) in [5.74, 6) is -0.189. The third kappa shape index (κ3) is 4.95. The van der Waals surface area contributed by atoms with Gasteiger partial charge in [-0.15, -0.1) is 0 Å². The normalized spacial score (nSPS) is 24.6. The van der Waals surface area contributed by atoms with Gasteiger partial charge in [-0.25, -0.2) is 8.78 Å². The summed E-state index contributed by atoms with van der Waals surface area (Å²) in [7, 11) is 0. The van der Waals surface area contributed by atoms with E-state index in [0.29, 0.717) is 25.4 Å². The van der Waals surface area contributed by atoms with Crippen molar-refractivity contribution < 1.29 is 17.9 Å². The molecule has 6 rings (SSSR count). The number of aromatic nitrogens is 1. The molecule has 2 aromatic carbocycles. The largest absolute Gasteiger partial charge is 0.489 e. The van der Waals surface area contributed by atoms with Crippen LogP contribution in [0.15, 0.2) is 36.4 Å². The summed E-state index contributed by atoms with van der Waals surface area (Å²) in [6, 6.07) is 10.5. The summed E-state index contributed by atoms with van der Waals surface area (Å²) in [4.78, 5) is 7.99. The Hall–Kier alpha value is -2.51. The highest BCUT2D eigenvalue weighted by atomic mass is 19.1. The second kappa shape index (κ2) is 10.9. The van der Waals surface area contributed by atoms with Gasteiger partial charge in [-0.2, -0.15) is 0 Å². The molecule has 0 amide bonds.